The summed E-state index contributed by atoms with van der Waals surface area (Å²) in [6.07, 6.45) is 4.74. The Balaban J connectivity index is 1.47. The smallest absolute Gasteiger partial charge is 0.229 e. The van der Waals surface area contributed by atoms with E-state index in [1.54, 1.807) is 12.1 Å². The maximum Gasteiger partial charge on any atom is 0.229 e. The van der Waals surface area contributed by atoms with E-state index in [9.17, 15) is 14.4 Å². The molecule has 0 unspecified atom stereocenters. The highest BCUT2D eigenvalue weighted by atomic mass is 79.9. The third-order valence-corrected chi connectivity index (χ3v) is 5.73. The molecule has 1 aromatic carbocycles. The van der Waals surface area contributed by atoms with E-state index in [0.717, 1.165) is 25.7 Å². The molecule has 2 aromatic rings. The Morgan fingerprint density at radius 1 is 1.34 bits per heavy atom. The van der Waals surface area contributed by atoms with Crippen molar-refractivity contribution in [1.29, 1.82) is 0 Å². The maximum atomic E-state index is 13.4. The van der Waals surface area contributed by atoms with Crippen LogP contribution >= 0.6 is 15.9 Å². The first kappa shape index (κ1) is 23.6. The van der Waals surface area contributed by atoms with Crippen LogP contribution in [-0.4, -0.2) is 46.2 Å². The molecule has 1 amide bonds. The monoisotopic (exact) mass is 509 g/mol. The van der Waals surface area contributed by atoms with Gasteiger partial charge in [0, 0.05) is 25.4 Å². The lowest BCUT2D eigenvalue weighted by Crippen LogP contribution is -2.40. The van der Waals surface area contributed by atoms with Crippen LogP contribution in [0.5, 0.6) is 0 Å². The number of aromatic nitrogens is 2. The number of rotatable bonds is 9. The number of nitrogens with one attached hydrogen (secondary N) is 2. The molecule has 1 saturated carbocycles. The summed E-state index contributed by atoms with van der Waals surface area (Å²) in [5, 5.41) is 26.0. The van der Waals surface area contributed by atoms with Crippen LogP contribution < -0.4 is 16.4 Å². The Bertz CT molecular complexity index is 989. The first-order valence-electron chi connectivity index (χ1n) is 10.3. The van der Waals surface area contributed by atoms with E-state index in [0.29, 0.717) is 35.4 Å². The highest BCUT2D eigenvalue weighted by Gasteiger charge is 2.23. The molecule has 0 radical (unpaired) electrons. The number of halogens is 2. The lowest BCUT2D eigenvalue weighted by atomic mass is 10.1. The number of aliphatic imine (C=N–C) groups is 1. The molecule has 1 fully saturated rings. The average molecular weight is 510 g/mol. The van der Waals surface area contributed by atoms with Crippen molar-refractivity contribution >= 4 is 39.3 Å². The number of nitrogens with zero attached hydrogens (tertiary/aromatic N) is 4. The van der Waals surface area contributed by atoms with Crippen LogP contribution in [0.1, 0.15) is 43.4 Å². The van der Waals surface area contributed by atoms with Crippen LogP contribution in [0.25, 0.3) is 0 Å². The second-order valence-electron chi connectivity index (χ2n) is 7.45. The van der Waals surface area contributed by atoms with Crippen molar-refractivity contribution in [2.24, 2.45) is 21.8 Å². The number of anilines is 1. The summed E-state index contributed by atoms with van der Waals surface area (Å²) < 4.78 is 18.5. The van der Waals surface area contributed by atoms with Gasteiger partial charge >= 0.3 is 0 Å². The number of carbonyl (C=O) groups is 1. The Morgan fingerprint density at radius 3 is 2.84 bits per heavy atom. The number of hydrogen-bond acceptors (Lipinski definition) is 8. The molecule has 10 nitrogen and oxygen atoms in total. The van der Waals surface area contributed by atoms with E-state index >= 15 is 0 Å². The number of benzene rings is 1. The minimum Gasteiger partial charge on any atom is -0.411 e. The molecule has 3 rings (SSSR count). The van der Waals surface area contributed by atoms with Gasteiger partial charge in [-0.05, 0) is 63.2 Å². The maximum absolute atomic E-state index is 13.4. The van der Waals surface area contributed by atoms with Crippen LogP contribution in [0, 0.1) is 11.7 Å². The van der Waals surface area contributed by atoms with E-state index in [-0.39, 0.29) is 41.4 Å². The molecule has 1 aliphatic rings. The van der Waals surface area contributed by atoms with Crippen LogP contribution in [0.4, 0.5) is 10.2 Å². The fourth-order valence-electron chi connectivity index (χ4n) is 3.44. The van der Waals surface area contributed by atoms with Gasteiger partial charge in [-0.15, -0.1) is 0 Å². The zero-order chi connectivity index (χ0) is 22.9. The van der Waals surface area contributed by atoms with E-state index in [1.165, 1.54) is 6.07 Å². The summed E-state index contributed by atoms with van der Waals surface area (Å²) in [6, 6.07) is 4.49. The fraction of sp³-hybridized carbons (Fsp3) is 0.450. The van der Waals surface area contributed by atoms with Gasteiger partial charge in [-0.25, -0.2) is 9.02 Å². The molecular weight excluding hydrogens is 485 g/mol. The predicted molar refractivity (Wildman–Crippen MR) is 120 cm³/mol. The topological polar surface area (TPSA) is 151 Å². The molecule has 0 saturated heterocycles. The molecule has 0 atom stereocenters. The standard InChI is InChI=1S/C20H25BrFN7O3/c21-14-10-12(6-7-15(14)22)11-16(27-31)17-18(29-32-28-17)24-8-3-9-25-20(23)26-19(30)13-4-1-2-5-13/h6-7,10,13,31H,1-5,8-9,11H2,(H,24,29)(H3,23,25,26,30)/b27-16+. The predicted octanol–water partition coefficient (Wildman–Crippen LogP) is 2.82. The second kappa shape index (κ2) is 11.6. The summed E-state index contributed by atoms with van der Waals surface area (Å²) in [7, 11) is 0. The van der Waals surface area contributed by atoms with Crippen molar-refractivity contribution in [3.8, 4) is 0 Å². The van der Waals surface area contributed by atoms with E-state index in [4.69, 9.17) is 10.4 Å². The first-order chi connectivity index (χ1) is 15.5. The van der Waals surface area contributed by atoms with Crippen molar-refractivity contribution in [2.45, 2.75) is 38.5 Å². The van der Waals surface area contributed by atoms with E-state index < -0.39 is 0 Å². The lowest BCUT2D eigenvalue weighted by Gasteiger charge is -2.09. The SMILES string of the molecule is NC(=NCCCNc1nonc1/C(Cc1ccc(F)c(Br)c1)=N/O)NC(=O)C1CCCC1. The minimum absolute atomic E-state index is 0.0295. The summed E-state index contributed by atoms with van der Waals surface area (Å²) in [6.45, 7) is 0.865. The van der Waals surface area contributed by atoms with Gasteiger partial charge in [0.05, 0.1) is 4.47 Å². The molecule has 172 valence electrons. The quantitative estimate of drug-likeness (QED) is 0.133. The molecule has 0 aliphatic heterocycles. The number of carbonyl (C=O) groups excluding carboxylic acids is 1. The lowest BCUT2D eigenvalue weighted by molar-refractivity contribution is -0.123. The Morgan fingerprint density at radius 2 is 2.12 bits per heavy atom. The molecule has 0 bridgehead atoms. The van der Waals surface area contributed by atoms with Crippen LogP contribution in [0.2, 0.25) is 0 Å². The van der Waals surface area contributed by atoms with Crippen molar-refractivity contribution in [2.75, 3.05) is 18.4 Å². The van der Waals surface area contributed by atoms with Crippen molar-refractivity contribution in [3.05, 3.63) is 39.7 Å². The Labute approximate surface area is 192 Å². The third-order valence-electron chi connectivity index (χ3n) is 5.12. The van der Waals surface area contributed by atoms with Crippen LogP contribution in [-0.2, 0) is 11.2 Å². The third kappa shape index (κ3) is 6.49. The Hall–Kier alpha value is -3.02. The zero-order valence-electron chi connectivity index (χ0n) is 17.4. The van der Waals surface area contributed by atoms with Crippen molar-refractivity contribution in [3.63, 3.8) is 0 Å². The van der Waals surface area contributed by atoms with Gasteiger partial charge in [-0.3, -0.25) is 15.1 Å². The summed E-state index contributed by atoms with van der Waals surface area (Å²) in [5.74, 6) is 0.00510. The number of guanidine groups is 1. The molecule has 32 heavy (non-hydrogen) atoms. The van der Waals surface area contributed by atoms with Gasteiger partial charge in [-0.1, -0.05) is 24.1 Å². The number of hydrogen-bond donors (Lipinski definition) is 4. The second-order valence-corrected chi connectivity index (χ2v) is 8.31. The summed E-state index contributed by atoms with van der Waals surface area (Å²) in [5.41, 5.74) is 6.96. The Kier molecular flexibility index (Phi) is 8.54. The van der Waals surface area contributed by atoms with Gasteiger partial charge in [-0.2, -0.15) is 0 Å². The van der Waals surface area contributed by atoms with Gasteiger partial charge in [0.2, 0.25) is 5.91 Å². The largest absolute Gasteiger partial charge is 0.411 e. The van der Waals surface area contributed by atoms with Crippen LogP contribution in [0.3, 0.4) is 0 Å². The average Bonchev–Trinajstić information content (AvgIpc) is 3.46. The molecule has 1 heterocycles. The van der Waals surface area contributed by atoms with Crippen molar-refractivity contribution < 1.29 is 19.0 Å². The van der Waals surface area contributed by atoms with Crippen LogP contribution in [0.15, 0.2) is 37.4 Å². The molecule has 1 aliphatic carbocycles. The molecule has 12 heteroatoms. The normalized spacial score (nSPS) is 15.2. The highest BCUT2D eigenvalue weighted by molar-refractivity contribution is 9.10. The van der Waals surface area contributed by atoms with Crippen molar-refractivity contribution in [1.82, 2.24) is 15.6 Å². The minimum atomic E-state index is -0.386. The first-order valence-corrected chi connectivity index (χ1v) is 11.1. The zero-order valence-corrected chi connectivity index (χ0v) is 18.9. The summed E-state index contributed by atoms with van der Waals surface area (Å²) in [4.78, 5) is 16.2. The number of nitrogens with two attached hydrogens (primary N) is 1. The molecule has 5 N–H and O–H groups in total. The van der Waals surface area contributed by atoms with Gasteiger partial charge < -0.3 is 16.3 Å². The van der Waals surface area contributed by atoms with E-state index in [2.05, 4.69) is 47.0 Å². The van der Waals surface area contributed by atoms with Gasteiger partial charge in [0.25, 0.3) is 0 Å². The van der Waals surface area contributed by atoms with Gasteiger partial charge in [0.15, 0.2) is 17.5 Å². The molecular formula is C20H25BrFN7O3. The highest BCUT2D eigenvalue weighted by Crippen LogP contribution is 2.24. The number of amides is 1. The summed E-state index contributed by atoms with van der Waals surface area (Å²) >= 11 is 3.13. The van der Waals surface area contributed by atoms with Gasteiger partial charge in [0.1, 0.15) is 11.5 Å². The fourth-order valence-corrected chi connectivity index (χ4v) is 3.87. The molecule has 1 aromatic heterocycles. The van der Waals surface area contributed by atoms with E-state index in [1.807, 2.05) is 0 Å². The number of oxime groups is 1. The molecule has 0 spiro atoms.